The smallest absolute Gasteiger partial charge is 0.306 e. The number of carboxylic acid groups (broad SMARTS) is 1. The Balaban J connectivity index is 1.34. The van der Waals surface area contributed by atoms with Gasteiger partial charge in [0.2, 0.25) is 5.91 Å². The summed E-state index contributed by atoms with van der Waals surface area (Å²) in [5.41, 5.74) is 13.2. The van der Waals surface area contributed by atoms with Gasteiger partial charge in [-0.25, -0.2) is 0 Å². The number of nitrogens with one attached hydrogen (secondary N) is 1. The summed E-state index contributed by atoms with van der Waals surface area (Å²) in [5, 5.41) is 12.6. The van der Waals surface area contributed by atoms with Gasteiger partial charge in [0.25, 0.3) is 0 Å². The third-order valence-corrected chi connectivity index (χ3v) is 7.61. The van der Waals surface area contributed by atoms with Gasteiger partial charge >= 0.3 is 5.97 Å². The molecule has 1 amide bonds. The zero-order chi connectivity index (χ0) is 29.2. The first-order valence-electron chi connectivity index (χ1n) is 14.4. The molecular weight excluding hydrogens is 508 g/mol. The minimum Gasteiger partial charge on any atom is -0.481 e. The number of carboxylic acids is 1. The van der Waals surface area contributed by atoms with Crippen LogP contribution < -0.4 is 11.1 Å². The normalized spacial score (nSPS) is 14.0. The largest absolute Gasteiger partial charge is 0.481 e. The number of nitrogens with two attached hydrogens (primary N) is 1. The average molecular weight is 549 g/mol. The van der Waals surface area contributed by atoms with Crippen molar-refractivity contribution in [1.82, 2.24) is 5.32 Å². The molecular formula is C36H40N2O3. The van der Waals surface area contributed by atoms with E-state index >= 15 is 0 Å². The molecule has 0 aliphatic heterocycles. The Bertz CT molecular complexity index is 1390. The molecule has 0 spiro atoms. The SMILES string of the molecule is C[C@H](C[C@@H](Cc1ccc(-c2ccccc2)cc1)NC(=O)[C@H](C)C[C@H](N)Cc1ccc(-c2ccccc2)cc1)C(=O)O. The zero-order valence-electron chi connectivity index (χ0n) is 23.9. The average Bonchev–Trinajstić information content (AvgIpc) is 2.98. The van der Waals surface area contributed by atoms with Crippen LogP contribution in [0, 0.1) is 11.8 Å². The first-order chi connectivity index (χ1) is 19.8. The van der Waals surface area contributed by atoms with E-state index in [0.717, 1.165) is 27.8 Å². The molecule has 0 saturated carbocycles. The Morgan fingerprint density at radius 2 is 1.07 bits per heavy atom. The summed E-state index contributed by atoms with van der Waals surface area (Å²) in [6, 6.07) is 36.6. The number of hydrogen-bond acceptors (Lipinski definition) is 3. The summed E-state index contributed by atoms with van der Waals surface area (Å²) in [7, 11) is 0. The van der Waals surface area contributed by atoms with Crippen molar-refractivity contribution in [2.24, 2.45) is 17.6 Å². The maximum Gasteiger partial charge on any atom is 0.306 e. The summed E-state index contributed by atoms with van der Waals surface area (Å²) in [6.07, 6.45) is 2.14. The van der Waals surface area contributed by atoms with Crippen LogP contribution in [0.2, 0.25) is 0 Å². The Morgan fingerprint density at radius 1 is 0.634 bits per heavy atom. The van der Waals surface area contributed by atoms with E-state index in [1.807, 2.05) is 43.3 Å². The lowest BCUT2D eigenvalue weighted by atomic mass is 9.92. The van der Waals surface area contributed by atoms with Crippen LogP contribution in [0.4, 0.5) is 0 Å². The standard InChI is InChI=1S/C36H40N2O3/c1-25(21-33(37)23-27-13-17-31(18-14-27)29-9-5-3-6-10-29)35(39)38-34(22-26(2)36(40)41)24-28-15-19-32(20-16-28)30-11-7-4-8-12-30/h3-20,25-26,33-34H,21-24,37H2,1-2H3,(H,38,39)(H,40,41)/t25-,26-,33+,34+/m1/s1. The second-order valence-electron chi connectivity index (χ2n) is 11.1. The third-order valence-electron chi connectivity index (χ3n) is 7.61. The zero-order valence-corrected chi connectivity index (χ0v) is 23.9. The molecule has 0 aliphatic rings. The summed E-state index contributed by atoms with van der Waals surface area (Å²) >= 11 is 0. The minimum absolute atomic E-state index is 0.0941. The monoisotopic (exact) mass is 548 g/mol. The van der Waals surface area contributed by atoms with Crippen molar-refractivity contribution in [2.45, 2.75) is 51.6 Å². The highest BCUT2D eigenvalue weighted by Crippen LogP contribution is 2.22. The molecule has 0 radical (unpaired) electrons. The molecule has 5 nitrogen and oxygen atoms in total. The van der Waals surface area contributed by atoms with Crippen LogP contribution in [0.25, 0.3) is 22.3 Å². The van der Waals surface area contributed by atoms with Gasteiger partial charge in [0.15, 0.2) is 0 Å². The van der Waals surface area contributed by atoms with Crippen LogP contribution in [0.1, 0.15) is 37.8 Å². The van der Waals surface area contributed by atoms with E-state index < -0.39 is 11.9 Å². The number of amides is 1. The number of aliphatic carboxylic acids is 1. The Kier molecular flexibility index (Phi) is 10.5. The Morgan fingerprint density at radius 3 is 1.54 bits per heavy atom. The van der Waals surface area contributed by atoms with Crippen LogP contribution in [0.15, 0.2) is 109 Å². The van der Waals surface area contributed by atoms with E-state index in [-0.39, 0.29) is 23.9 Å². The van der Waals surface area contributed by atoms with Crippen molar-refractivity contribution in [3.8, 4) is 22.3 Å². The van der Waals surface area contributed by atoms with Gasteiger partial charge in [0.1, 0.15) is 0 Å². The molecule has 0 saturated heterocycles. The van der Waals surface area contributed by atoms with Crippen molar-refractivity contribution in [2.75, 3.05) is 0 Å². The molecule has 4 aromatic rings. The van der Waals surface area contributed by atoms with Gasteiger partial charge in [0, 0.05) is 18.0 Å². The van der Waals surface area contributed by atoms with Crippen LogP contribution in [-0.4, -0.2) is 29.1 Å². The molecule has 5 heteroatoms. The lowest BCUT2D eigenvalue weighted by molar-refractivity contribution is -0.141. The second-order valence-corrected chi connectivity index (χ2v) is 11.1. The molecule has 0 bridgehead atoms. The molecule has 4 aromatic carbocycles. The number of carbonyl (C=O) groups excluding carboxylic acids is 1. The Labute approximate surface area is 243 Å². The van der Waals surface area contributed by atoms with E-state index in [9.17, 15) is 14.7 Å². The maximum absolute atomic E-state index is 13.2. The third kappa shape index (κ3) is 8.89. The van der Waals surface area contributed by atoms with Gasteiger partial charge in [-0.1, -0.05) is 123 Å². The minimum atomic E-state index is -0.864. The molecule has 212 valence electrons. The quantitative estimate of drug-likeness (QED) is 0.172. The van der Waals surface area contributed by atoms with E-state index in [1.165, 1.54) is 5.56 Å². The van der Waals surface area contributed by atoms with Crippen molar-refractivity contribution in [3.63, 3.8) is 0 Å². The fourth-order valence-electron chi connectivity index (χ4n) is 5.22. The molecule has 41 heavy (non-hydrogen) atoms. The van der Waals surface area contributed by atoms with E-state index in [4.69, 9.17) is 5.73 Å². The van der Waals surface area contributed by atoms with Crippen molar-refractivity contribution < 1.29 is 14.7 Å². The van der Waals surface area contributed by atoms with Crippen LogP contribution in [-0.2, 0) is 22.4 Å². The first kappa shape index (κ1) is 29.8. The van der Waals surface area contributed by atoms with E-state index in [2.05, 4.69) is 78.1 Å². The van der Waals surface area contributed by atoms with Crippen LogP contribution in [0.5, 0.6) is 0 Å². The molecule has 4 atom stereocenters. The number of hydrogen-bond donors (Lipinski definition) is 3. The predicted octanol–water partition coefficient (Wildman–Crippen LogP) is 6.75. The van der Waals surface area contributed by atoms with Gasteiger partial charge in [-0.2, -0.15) is 0 Å². The molecule has 0 fully saturated rings. The van der Waals surface area contributed by atoms with Gasteiger partial charge in [0.05, 0.1) is 5.92 Å². The Hall–Kier alpha value is -4.22. The highest BCUT2D eigenvalue weighted by Gasteiger charge is 2.24. The van der Waals surface area contributed by atoms with Crippen molar-refractivity contribution >= 4 is 11.9 Å². The van der Waals surface area contributed by atoms with Gasteiger partial charge in [-0.15, -0.1) is 0 Å². The van der Waals surface area contributed by atoms with Gasteiger partial charge < -0.3 is 16.2 Å². The van der Waals surface area contributed by atoms with Crippen molar-refractivity contribution in [3.05, 3.63) is 120 Å². The molecule has 4 rings (SSSR count). The highest BCUT2D eigenvalue weighted by molar-refractivity contribution is 5.79. The number of rotatable bonds is 13. The lowest BCUT2D eigenvalue weighted by Gasteiger charge is -2.24. The van der Waals surface area contributed by atoms with Gasteiger partial charge in [-0.05, 0) is 59.1 Å². The summed E-state index contributed by atoms with van der Waals surface area (Å²) in [6.45, 7) is 3.57. The lowest BCUT2D eigenvalue weighted by Crippen LogP contribution is -2.42. The fraction of sp³-hybridized carbons (Fsp3) is 0.278. The molecule has 0 aliphatic carbocycles. The van der Waals surface area contributed by atoms with Gasteiger partial charge in [-0.3, -0.25) is 9.59 Å². The second kappa shape index (κ2) is 14.4. The summed E-state index contributed by atoms with van der Waals surface area (Å²) in [4.78, 5) is 24.8. The predicted molar refractivity (Wildman–Crippen MR) is 166 cm³/mol. The van der Waals surface area contributed by atoms with Crippen molar-refractivity contribution in [1.29, 1.82) is 0 Å². The first-order valence-corrected chi connectivity index (χ1v) is 14.4. The number of benzene rings is 4. The highest BCUT2D eigenvalue weighted by atomic mass is 16.4. The van der Waals surface area contributed by atoms with E-state index in [0.29, 0.717) is 25.7 Å². The number of carbonyl (C=O) groups is 2. The fourth-order valence-corrected chi connectivity index (χ4v) is 5.22. The summed E-state index contributed by atoms with van der Waals surface area (Å²) < 4.78 is 0. The maximum atomic E-state index is 13.2. The molecule has 4 N–H and O–H groups in total. The molecule has 0 unspecified atom stereocenters. The summed E-state index contributed by atoms with van der Waals surface area (Å²) in [5.74, 6) is -1.82. The topological polar surface area (TPSA) is 92.4 Å². The molecule has 0 aromatic heterocycles. The van der Waals surface area contributed by atoms with E-state index in [1.54, 1.807) is 6.92 Å². The molecule has 0 heterocycles. The van der Waals surface area contributed by atoms with Crippen LogP contribution in [0.3, 0.4) is 0 Å². The van der Waals surface area contributed by atoms with Crippen LogP contribution >= 0.6 is 0 Å².